The molecule has 6 nitrogen and oxygen atoms in total. The van der Waals surface area contributed by atoms with Gasteiger partial charge in [-0.25, -0.2) is 9.07 Å². The van der Waals surface area contributed by atoms with Crippen LogP contribution in [0.15, 0.2) is 48.5 Å². The predicted octanol–water partition coefficient (Wildman–Crippen LogP) is 3.39. The van der Waals surface area contributed by atoms with Crippen molar-refractivity contribution in [3.63, 3.8) is 0 Å². The molecule has 7 heteroatoms. The van der Waals surface area contributed by atoms with Crippen LogP contribution in [0.5, 0.6) is 0 Å². The average molecular weight is 351 g/mol. The van der Waals surface area contributed by atoms with Crippen molar-refractivity contribution in [2.24, 2.45) is 0 Å². The van der Waals surface area contributed by atoms with Gasteiger partial charge in [0.15, 0.2) is 5.82 Å². The van der Waals surface area contributed by atoms with Crippen molar-refractivity contribution >= 4 is 11.6 Å². The number of amides is 1. The van der Waals surface area contributed by atoms with E-state index >= 15 is 0 Å². The summed E-state index contributed by atoms with van der Waals surface area (Å²) in [7, 11) is 0. The Morgan fingerprint density at radius 2 is 2.04 bits per heavy atom. The van der Waals surface area contributed by atoms with Crippen molar-refractivity contribution < 1.29 is 9.18 Å². The van der Waals surface area contributed by atoms with E-state index in [9.17, 15) is 9.18 Å². The molecule has 0 radical (unpaired) electrons. The number of rotatable bonds is 6. The molecule has 1 fully saturated rings. The number of benzene rings is 2. The van der Waals surface area contributed by atoms with Crippen LogP contribution in [0.25, 0.3) is 11.4 Å². The molecule has 0 spiro atoms. The van der Waals surface area contributed by atoms with Crippen LogP contribution in [0.2, 0.25) is 0 Å². The number of halogens is 1. The Kier molecular flexibility index (Phi) is 4.43. The molecule has 1 saturated carbocycles. The smallest absolute Gasteiger partial charge is 0.224 e. The summed E-state index contributed by atoms with van der Waals surface area (Å²) in [6, 6.07) is 14.3. The van der Waals surface area contributed by atoms with E-state index in [2.05, 4.69) is 20.8 Å². The van der Waals surface area contributed by atoms with Crippen LogP contribution in [-0.4, -0.2) is 26.1 Å². The van der Waals surface area contributed by atoms with E-state index in [0.29, 0.717) is 29.5 Å². The highest BCUT2D eigenvalue weighted by atomic mass is 19.1. The average Bonchev–Trinajstić information content (AvgIpc) is 3.38. The number of hydrogen-bond donors (Lipinski definition) is 1. The van der Waals surface area contributed by atoms with Crippen molar-refractivity contribution in [1.82, 2.24) is 20.2 Å². The summed E-state index contributed by atoms with van der Waals surface area (Å²) in [5, 5.41) is 14.8. The minimum absolute atomic E-state index is 0.160. The molecule has 1 aliphatic carbocycles. The highest BCUT2D eigenvalue weighted by Gasteiger charge is 2.28. The zero-order valence-corrected chi connectivity index (χ0v) is 14.1. The van der Waals surface area contributed by atoms with Gasteiger partial charge in [0.2, 0.25) is 5.91 Å². The first-order chi connectivity index (χ1) is 12.7. The molecule has 2 aromatic carbocycles. The zero-order chi connectivity index (χ0) is 17.9. The Morgan fingerprint density at radius 1 is 1.19 bits per heavy atom. The van der Waals surface area contributed by atoms with Crippen LogP contribution in [0.3, 0.4) is 0 Å². The van der Waals surface area contributed by atoms with Gasteiger partial charge in [-0.3, -0.25) is 4.79 Å². The summed E-state index contributed by atoms with van der Waals surface area (Å²) in [6.45, 7) is 0. The molecule has 4 rings (SSSR count). The maximum absolute atomic E-state index is 13.6. The summed E-state index contributed by atoms with van der Waals surface area (Å²) in [5.74, 6) is 0.261. The Labute approximate surface area is 150 Å². The lowest BCUT2D eigenvalue weighted by atomic mass is 10.1. The number of carbonyl (C=O) groups is 1. The predicted molar refractivity (Wildman–Crippen MR) is 94.9 cm³/mol. The van der Waals surface area contributed by atoms with Crippen LogP contribution >= 0.6 is 0 Å². The first-order valence-electron chi connectivity index (χ1n) is 8.62. The van der Waals surface area contributed by atoms with Crippen LogP contribution in [0, 0.1) is 5.82 Å². The largest absolute Gasteiger partial charge is 0.326 e. The van der Waals surface area contributed by atoms with Crippen molar-refractivity contribution in [3.05, 3.63) is 59.9 Å². The number of nitrogens with one attached hydrogen (secondary N) is 1. The van der Waals surface area contributed by atoms with Gasteiger partial charge in [-0.05, 0) is 53.5 Å². The fraction of sp³-hybridized carbons (Fsp3) is 0.263. The maximum atomic E-state index is 13.6. The molecule has 1 aromatic heterocycles. The van der Waals surface area contributed by atoms with Crippen molar-refractivity contribution in [2.75, 3.05) is 5.32 Å². The Morgan fingerprint density at radius 3 is 2.85 bits per heavy atom. The molecule has 26 heavy (non-hydrogen) atoms. The molecular weight excluding hydrogens is 333 g/mol. The van der Waals surface area contributed by atoms with Gasteiger partial charge in [-0.2, -0.15) is 0 Å². The fourth-order valence-corrected chi connectivity index (χ4v) is 2.86. The van der Waals surface area contributed by atoms with E-state index in [1.807, 2.05) is 28.9 Å². The number of anilines is 1. The second kappa shape index (κ2) is 7.03. The lowest BCUT2D eigenvalue weighted by Crippen LogP contribution is -2.12. The monoisotopic (exact) mass is 351 g/mol. The molecule has 132 valence electrons. The van der Waals surface area contributed by atoms with Crippen LogP contribution in [0.4, 0.5) is 10.1 Å². The van der Waals surface area contributed by atoms with Gasteiger partial charge < -0.3 is 5.32 Å². The van der Waals surface area contributed by atoms with E-state index in [-0.39, 0.29) is 18.1 Å². The standard InChI is InChI=1S/C19H18FN5O/c20-17-7-2-1-4-13(17)8-11-18(26)21-15-6-3-5-14(12-15)19-22-23-24-25(19)16-9-10-16/h1-7,12,16H,8-11H2,(H,21,26). The number of nitrogens with zero attached hydrogens (tertiary/aromatic N) is 4. The molecular formula is C19H18FN5O. The van der Waals surface area contributed by atoms with Gasteiger partial charge in [0.1, 0.15) is 5.82 Å². The third kappa shape index (κ3) is 3.61. The summed E-state index contributed by atoms with van der Waals surface area (Å²) >= 11 is 0. The topological polar surface area (TPSA) is 72.7 Å². The van der Waals surface area contributed by atoms with Gasteiger partial charge in [-0.1, -0.05) is 30.3 Å². The van der Waals surface area contributed by atoms with Crippen LogP contribution in [0.1, 0.15) is 30.9 Å². The first kappa shape index (κ1) is 16.4. The number of carbonyl (C=O) groups excluding carboxylic acids is 1. The quantitative estimate of drug-likeness (QED) is 0.739. The van der Waals surface area contributed by atoms with Gasteiger partial charge in [0, 0.05) is 17.7 Å². The molecule has 1 N–H and O–H groups in total. The highest BCUT2D eigenvalue weighted by Crippen LogP contribution is 2.36. The molecule has 1 amide bonds. The Hall–Kier alpha value is -3.09. The second-order valence-corrected chi connectivity index (χ2v) is 6.40. The van der Waals surface area contributed by atoms with E-state index in [1.54, 1.807) is 18.2 Å². The summed E-state index contributed by atoms with van der Waals surface area (Å²) < 4.78 is 15.5. The number of hydrogen-bond acceptors (Lipinski definition) is 4. The first-order valence-corrected chi connectivity index (χ1v) is 8.62. The van der Waals surface area contributed by atoms with E-state index in [4.69, 9.17) is 0 Å². The van der Waals surface area contributed by atoms with Gasteiger partial charge in [0.25, 0.3) is 0 Å². The number of aromatic nitrogens is 4. The summed E-state index contributed by atoms with van der Waals surface area (Å²) in [6.07, 6.45) is 2.75. The third-order valence-corrected chi connectivity index (χ3v) is 4.37. The zero-order valence-electron chi connectivity index (χ0n) is 14.1. The molecule has 0 bridgehead atoms. The molecule has 0 saturated heterocycles. The van der Waals surface area contributed by atoms with Crippen molar-refractivity contribution in [3.8, 4) is 11.4 Å². The normalized spacial score (nSPS) is 13.6. The molecule has 0 unspecified atom stereocenters. The van der Waals surface area contributed by atoms with Crippen LogP contribution in [-0.2, 0) is 11.2 Å². The van der Waals surface area contributed by atoms with E-state index in [0.717, 1.165) is 18.4 Å². The Bertz CT molecular complexity index is 935. The van der Waals surface area contributed by atoms with E-state index in [1.165, 1.54) is 6.07 Å². The van der Waals surface area contributed by atoms with Crippen molar-refractivity contribution in [1.29, 1.82) is 0 Å². The SMILES string of the molecule is O=C(CCc1ccccc1F)Nc1cccc(-c2nnnn2C2CC2)c1. The highest BCUT2D eigenvalue weighted by molar-refractivity contribution is 5.91. The lowest BCUT2D eigenvalue weighted by molar-refractivity contribution is -0.116. The maximum Gasteiger partial charge on any atom is 0.224 e. The van der Waals surface area contributed by atoms with E-state index < -0.39 is 0 Å². The molecule has 3 aromatic rings. The van der Waals surface area contributed by atoms with Gasteiger partial charge in [-0.15, -0.1) is 5.10 Å². The summed E-state index contributed by atoms with van der Waals surface area (Å²) in [4.78, 5) is 12.2. The molecule has 0 atom stereocenters. The second-order valence-electron chi connectivity index (χ2n) is 6.40. The Balaban J connectivity index is 1.43. The minimum atomic E-state index is -0.283. The van der Waals surface area contributed by atoms with Crippen LogP contribution < -0.4 is 5.32 Å². The fourth-order valence-electron chi connectivity index (χ4n) is 2.86. The van der Waals surface area contributed by atoms with Gasteiger partial charge in [0.05, 0.1) is 6.04 Å². The van der Waals surface area contributed by atoms with Gasteiger partial charge >= 0.3 is 0 Å². The molecule has 1 aliphatic rings. The number of aryl methyl sites for hydroxylation is 1. The summed E-state index contributed by atoms with van der Waals surface area (Å²) in [5.41, 5.74) is 2.07. The molecule has 0 aliphatic heterocycles. The minimum Gasteiger partial charge on any atom is -0.326 e. The van der Waals surface area contributed by atoms with Crippen molar-refractivity contribution in [2.45, 2.75) is 31.7 Å². The third-order valence-electron chi connectivity index (χ3n) is 4.37. The molecule has 1 heterocycles. The number of tetrazole rings is 1. The lowest BCUT2D eigenvalue weighted by Gasteiger charge is -2.08.